The maximum Gasteiger partial charge on any atom is 0.208 e. The fourth-order valence-electron chi connectivity index (χ4n) is 1.30. The van der Waals surface area contributed by atoms with Gasteiger partial charge in [-0.15, -0.1) is 0 Å². The van der Waals surface area contributed by atoms with Crippen molar-refractivity contribution < 1.29 is 8.42 Å². The van der Waals surface area contributed by atoms with Gasteiger partial charge in [0.25, 0.3) is 0 Å². The van der Waals surface area contributed by atoms with E-state index in [4.69, 9.17) is 0 Å². The standard InChI is InChI=1S/C8H15N3O2S/c1-6-8(7(2)11-10-6)4-5-9-14(3,12)13/h9H,4-5H2,1-3H3,(H,10,11). The average Bonchev–Trinajstić information content (AvgIpc) is 2.33. The topological polar surface area (TPSA) is 74.8 Å². The van der Waals surface area contributed by atoms with Gasteiger partial charge in [0, 0.05) is 12.2 Å². The molecule has 1 aromatic rings. The smallest absolute Gasteiger partial charge is 0.208 e. The van der Waals surface area contributed by atoms with Gasteiger partial charge >= 0.3 is 0 Å². The predicted octanol–water partition coefficient (Wildman–Crippen LogP) is 0.118. The molecule has 0 aliphatic heterocycles. The van der Waals surface area contributed by atoms with Gasteiger partial charge in [0.1, 0.15) is 0 Å². The summed E-state index contributed by atoms with van der Waals surface area (Å²) < 4.78 is 24.0. The van der Waals surface area contributed by atoms with Gasteiger partial charge in [-0.1, -0.05) is 0 Å². The Labute approximate surface area is 84.0 Å². The molecule has 80 valence electrons. The van der Waals surface area contributed by atoms with Crippen LogP contribution in [-0.4, -0.2) is 31.4 Å². The minimum Gasteiger partial charge on any atom is -0.282 e. The Morgan fingerprint density at radius 3 is 2.50 bits per heavy atom. The van der Waals surface area contributed by atoms with Gasteiger partial charge in [0.05, 0.1) is 11.9 Å². The lowest BCUT2D eigenvalue weighted by Gasteiger charge is -2.02. The van der Waals surface area contributed by atoms with Crippen molar-refractivity contribution in [3.8, 4) is 0 Å². The zero-order valence-electron chi connectivity index (χ0n) is 8.59. The number of nitrogens with one attached hydrogen (secondary N) is 2. The van der Waals surface area contributed by atoms with E-state index in [2.05, 4.69) is 14.9 Å². The summed E-state index contributed by atoms with van der Waals surface area (Å²) in [6, 6.07) is 0. The third kappa shape index (κ3) is 3.12. The van der Waals surface area contributed by atoms with E-state index in [1.165, 1.54) is 0 Å². The molecule has 0 saturated heterocycles. The van der Waals surface area contributed by atoms with Crippen molar-refractivity contribution in [2.45, 2.75) is 20.3 Å². The van der Waals surface area contributed by atoms with Crippen LogP contribution in [0.5, 0.6) is 0 Å². The molecule has 0 atom stereocenters. The molecule has 1 heterocycles. The highest BCUT2D eigenvalue weighted by Crippen LogP contribution is 2.09. The Balaban J connectivity index is 2.54. The zero-order valence-corrected chi connectivity index (χ0v) is 9.40. The van der Waals surface area contributed by atoms with Gasteiger partial charge in [0.2, 0.25) is 10.0 Å². The summed E-state index contributed by atoms with van der Waals surface area (Å²) in [5.74, 6) is 0. The van der Waals surface area contributed by atoms with Crippen LogP contribution in [0.3, 0.4) is 0 Å². The Bertz CT molecular complexity index is 389. The van der Waals surface area contributed by atoms with Gasteiger partial charge in [-0.05, 0) is 25.8 Å². The first-order valence-electron chi connectivity index (χ1n) is 4.35. The molecule has 0 amide bonds. The van der Waals surface area contributed by atoms with Crippen LogP contribution in [0, 0.1) is 13.8 Å². The second-order valence-corrected chi connectivity index (χ2v) is 5.16. The molecule has 5 nitrogen and oxygen atoms in total. The number of aromatic amines is 1. The summed E-state index contributed by atoms with van der Waals surface area (Å²) in [5.41, 5.74) is 3.01. The molecule has 0 spiro atoms. The molecule has 0 aromatic carbocycles. The Morgan fingerprint density at radius 2 is 2.07 bits per heavy atom. The molecule has 0 bridgehead atoms. The minimum atomic E-state index is -3.08. The first-order valence-corrected chi connectivity index (χ1v) is 6.24. The third-order valence-electron chi connectivity index (χ3n) is 2.02. The van der Waals surface area contributed by atoms with Crippen molar-refractivity contribution in [3.05, 3.63) is 17.0 Å². The number of sulfonamides is 1. The summed E-state index contributed by atoms with van der Waals surface area (Å²) in [4.78, 5) is 0. The average molecular weight is 217 g/mol. The SMILES string of the molecule is Cc1n[nH]c(C)c1CCNS(C)(=O)=O. The second-order valence-electron chi connectivity index (χ2n) is 3.33. The van der Waals surface area contributed by atoms with E-state index in [0.29, 0.717) is 13.0 Å². The maximum atomic E-state index is 10.8. The summed E-state index contributed by atoms with van der Waals surface area (Å²) in [6.07, 6.45) is 1.82. The monoisotopic (exact) mass is 217 g/mol. The van der Waals surface area contributed by atoms with E-state index in [9.17, 15) is 8.42 Å². The van der Waals surface area contributed by atoms with E-state index >= 15 is 0 Å². The van der Waals surface area contributed by atoms with Crippen LogP contribution >= 0.6 is 0 Å². The highest BCUT2D eigenvalue weighted by Gasteiger charge is 2.06. The molecule has 0 radical (unpaired) electrons. The zero-order chi connectivity index (χ0) is 10.8. The summed E-state index contributed by atoms with van der Waals surface area (Å²) in [6.45, 7) is 4.25. The van der Waals surface area contributed by atoms with E-state index < -0.39 is 10.0 Å². The maximum absolute atomic E-state index is 10.8. The molecular weight excluding hydrogens is 202 g/mol. The molecule has 1 rings (SSSR count). The van der Waals surface area contributed by atoms with E-state index in [-0.39, 0.29) is 0 Å². The summed E-state index contributed by atoms with van der Waals surface area (Å²) in [7, 11) is -3.08. The predicted molar refractivity (Wildman–Crippen MR) is 54.6 cm³/mol. The number of aromatic nitrogens is 2. The van der Waals surface area contributed by atoms with Gasteiger partial charge < -0.3 is 0 Å². The quantitative estimate of drug-likeness (QED) is 0.752. The van der Waals surface area contributed by atoms with Crippen LogP contribution in [0.15, 0.2) is 0 Å². The number of rotatable bonds is 4. The lowest BCUT2D eigenvalue weighted by molar-refractivity contribution is 0.587. The molecule has 0 unspecified atom stereocenters. The Kier molecular flexibility index (Phi) is 3.28. The van der Waals surface area contributed by atoms with Crippen LogP contribution < -0.4 is 4.72 Å². The van der Waals surface area contributed by atoms with Crippen LogP contribution in [0.1, 0.15) is 17.0 Å². The van der Waals surface area contributed by atoms with Crippen molar-refractivity contribution in [2.24, 2.45) is 0 Å². The van der Waals surface area contributed by atoms with E-state index in [1.807, 2.05) is 13.8 Å². The van der Waals surface area contributed by atoms with Crippen molar-refractivity contribution in [1.82, 2.24) is 14.9 Å². The number of hydrogen-bond donors (Lipinski definition) is 2. The molecular formula is C8H15N3O2S. The van der Waals surface area contributed by atoms with Crippen molar-refractivity contribution in [3.63, 3.8) is 0 Å². The molecule has 0 aliphatic rings. The van der Waals surface area contributed by atoms with E-state index in [0.717, 1.165) is 23.2 Å². The Morgan fingerprint density at radius 1 is 1.43 bits per heavy atom. The lowest BCUT2D eigenvalue weighted by Crippen LogP contribution is -2.24. The van der Waals surface area contributed by atoms with Crippen LogP contribution in [-0.2, 0) is 16.4 Å². The lowest BCUT2D eigenvalue weighted by atomic mass is 10.1. The van der Waals surface area contributed by atoms with Gasteiger partial charge in [-0.3, -0.25) is 5.10 Å². The van der Waals surface area contributed by atoms with Crippen molar-refractivity contribution in [1.29, 1.82) is 0 Å². The van der Waals surface area contributed by atoms with E-state index in [1.54, 1.807) is 0 Å². The van der Waals surface area contributed by atoms with Gasteiger partial charge in [-0.2, -0.15) is 5.10 Å². The highest BCUT2D eigenvalue weighted by molar-refractivity contribution is 7.88. The number of nitrogens with zero attached hydrogens (tertiary/aromatic N) is 1. The van der Waals surface area contributed by atoms with Gasteiger partial charge in [-0.25, -0.2) is 13.1 Å². The first-order chi connectivity index (χ1) is 6.40. The number of H-pyrrole nitrogens is 1. The molecule has 0 aliphatic carbocycles. The normalized spacial score (nSPS) is 11.9. The summed E-state index contributed by atoms with van der Waals surface area (Å²) >= 11 is 0. The number of hydrogen-bond acceptors (Lipinski definition) is 3. The molecule has 2 N–H and O–H groups in total. The fraction of sp³-hybridized carbons (Fsp3) is 0.625. The largest absolute Gasteiger partial charge is 0.282 e. The molecule has 6 heteroatoms. The van der Waals surface area contributed by atoms with Crippen molar-refractivity contribution in [2.75, 3.05) is 12.8 Å². The summed E-state index contributed by atoms with van der Waals surface area (Å²) in [5, 5.41) is 6.89. The van der Waals surface area contributed by atoms with Crippen LogP contribution in [0.2, 0.25) is 0 Å². The Hall–Kier alpha value is -0.880. The highest BCUT2D eigenvalue weighted by atomic mass is 32.2. The van der Waals surface area contributed by atoms with Crippen LogP contribution in [0.25, 0.3) is 0 Å². The van der Waals surface area contributed by atoms with Gasteiger partial charge in [0.15, 0.2) is 0 Å². The fourth-order valence-corrected chi connectivity index (χ4v) is 1.78. The number of aryl methyl sites for hydroxylation is 2. The minimum absolute atomic E-state index is 0.417. The second kappa shape index (κ2) is 4.10. The van der Waals surface area contributed by atoms with Crippen molar-refractivity contribution >= 4 is 10.0 Å². The first kappa shape index (κ1) is 11.2. The molecule has 0 fully saturated rings. The van der Waals surface area contributed by atoms with Crippen LogP contribution in [0.4, 0.5) is 0 Å². The molecule has 14 heavy (non-hydrogen) atoms. The molecule has 0 saturated carbocycles. The third-order valence-corrected chi connectivity index (χ3v) is 2.75. The molecule has 1 aromatic heterocycles.